The fraction of sp³-hybridized carbons (Fsp3) is 0.923. The van der Waals surface area contributed by atoms with E-state index >= 15 is 0 Å². The van der Waals surface area contributed by atoms with Gasteiger partial charge in [0.2, 0.25) is 5.91 Å². The van der Waals surface area contributed by atoms with Crippen LogP contribution in [-0.4, -0.2) is 25.0 Å². The van der Waals surface area contributed by atoms with Gasteiger partial charge >= 0.3 is 0 Å². The summed E-state index contributed by atoms with van der Waals surface area (Å²) in [5.41, 5.74) is 0. The van der Waals surface area contributed by atoms with E-state index in [1.165, 1.54) is 19.3 Å². The Kier molecular flexibility index (Phi) is 5.81. The molecule has 1 rings (SSSR count). The summed E-state index contributed by atoms with van der Waals surface area (Å²) in [7, 11) is 0. The number of amides is 1. The molecule has 3 nitrogen and oxygen atoms in total. The molecule has 0 aromatic carbocycles. The molecular weight excluding hydrogens is 200 g/mol. The lowest BCUT2D eigenvalue weighted by molar-refractivity contribution is -0.120. The third-order valence-electron chi connectivity index (χ3n) is 3.07. The normalized spacial score (nSPS) is 17.5. The summed E-state index contributed by atoms with van der Waals surface area (Å²) in [5, 5.41) is 6.23. The van der Waals surface area contributed by atoms with Gasteiger partial charge < -0.3 is 10.6 Å². The zero-order valence-corrected chi connectivity index (χ0v) is 10.9. The molecule has 0 radical (unpaired) electrons. The van der Waals surface area contributed by atoms with E-state index in [1.54, 1.807) is 0 Å². The van der Waals surface area contributed by atoms with Crippen LogP contribution < -0.4 is 10.6 Å². The van der Waals surface area contributed by atoms with Crippen molar-refractivity contribution in [2.75, 3.05) is 13.1 Å². The van der Waals surface area contributed by atoms with Crippen molar-refractivity contribution in [1.82, 2.24) is 10.6 Å². The Hall–Kier alpha value is -0.570. The van der Waals surface area contributed by atoms with Crippen molar-refractivity contribution in [2.45, 2.75) is 52.5 Å². The molecule has 0 heterocycles. The van der Waals surface area contributed by atoms with Crippen LogP contribution >= 0.6 is 0 Å². The number of hydrogen-bond donors (Lipinski definition) is 2. The number of carbonyl (C=O) groups is 1. The number of hydrogen-bond acceptors (Lipinski definition) is 2. The topological polar surface area (TPSA) is 41.1 Å². The third kappa shape index (κ3) is 6.83. The molecule has 16 heavy (non-hydrogen) atoms. The van der Waals surface area contributed by atoms with Crippen molar-refractivity contribution in [2.24, 2.45) is 11.8 Å². The molecular formula is C13H26N2O. The molecule has 0 aromatic heterocycles. The molecule has 94 valence electrons. The fourth-order valence-corrected chi connectivity index (χ4v) is 1.59. The van der Waals surface area contributed by atoms with Crippen LogP contribution in [-0.2, 0) is 4.79 Å². The van der Waals surface area contributed by atoms with Crippen LogP contribution in [0.4, 0.5) is 0 Å². The first-order chi connectivity index (χ1) is 7.58. The Bertz CT molecular complexity index is 212. The van der Waals surface area contributed by atoms with E-state index in [-0.39, 0.29) is 5.91 Å². The van der Waals surface area contributed by atoms with Gasteiger partial charge in [-0.25, -0.2) is 0 Å². The molecule has 0 aromatic rings. The minimum atomic E-state index is 0.142. The van der Waals surface area contributed by atoms with Gasteiger partial charge in [0.25, 0.3) is 0 Å². The Morgan fingerprint density at radius 1 is 1.25 bits per heavy atom. The second-order valence-electron chi connectivity index (χ2n) is 5.50. The molecule has 3 heteroatoms. The van der Waals surface area contributed by atoms with Gasteiger partial charge in [-0.1, -0.05) is 13.8 Å². The average molecular weight is 226 g/mol. The Labute approximate surface area is 99.4 Å². The third-order valence-corrected chi connectivity index (χ3v) is 3.07. The summed E-state index contributed by atoms with van der Waals surface area (Å²) < 4.78 is 0. The van der Waals surface area contributed by atoms with E-state index in [0.29, 0.717) is 12.6 Å². The van der Waals surface area contributed by atoms with Crippen molar-refractivity contribution in [3.63, 3.8) is 0 Å². The largest absolute Gasteiger partial charge is 0.355 e. The molecule has 0 spiro atoms. The summed E-state index contributed by atoms with van der Waals surface area (Å²) in [5.74, 6) is 1.65. The highest BCUT2D eigenvalue weighted by Gasteiger charge is 2.21. The molecule has 1 unspecified atom stereocenters. The molecule has 1 fully saturated rings. The Morgan fingerprint density at radius 3 is 2.50 bits per heavy atom. The van der Waals surface area contributed by atoms with Crippen LogP contribution in [0.15, 0.2) is 0 Å². The van der Waals surface area contributed by atoms with E-state index in [4.69, 9.17) is 0 Å². The smallest absolute Gasteiger partial charge is 0.233 e. The lowest BCUT2D eigenvalue weighted by atomic mass is 10.0. The first kappa shape index (κ1) is 13.5. The molecule has 0 aliphatic heterocycles. The molecule has 1 saturated carbocycles. The molecule has 0 bridgehead atoms. The Balaban J connectivity index is 1.96. The first-order valence-corrected chi connectivity index (χ1v) is 6.58. The maximum atomic E-state index is 11.4. The molecule has 1 aliphatic carbocycles. The van der Waals surface area contributed by atoms with Gasteiger partial charge in [-0.15, -0.1) is 0 Å². The summed E-state index contributed by atoms with van der Waals surface area (Å²) in [6.45, 7) is 7.95. The van der Waals surface area contributed by atoms with E-state index in [0.717, 1.165) is 24.8 Å². The summed E-state index contributed by atoms with van der Waals surface area (Å²) in [4.78, 5) is 11.4. The summed E-state index contributed by atoms with van der Waals surface area (Å²) >= 11 is 0. The lowest BCUT2D eigenvalue weighted by Gasteiger charge is -2.14. The molecule has 0 saturated heterocycles. The van der Waals surface area contributed by atoms with Crippen molar-refractivity contribution >= 4 is 5.91 Å². The van der Waals surface area contributed by atoms with Crippen molar-refractivity contribution in [1.29, 1.82) is 0 Å². The van der Waals surface area contributed by atoms with E-state index in [9.17, 15) is 4.79 Å². The number of nitrogens with one attached hydrogen (secondary N) is 2. The molecule has 1 atom stereocenters. The van der Waals surface area contributed by atoms with Gasteiger partial charge in [-0.05, 0) is 44.4 Å². The molecule has 1 aliphatic rings. The van der Waals surface area contributed by atoms with E-state index < -0.39 is 0 Å². The van der Waals surface area contributed by atoms with E-state index in [1.807, 2.05) is 0 Å². The molecule has 2 N–H and O–H groups in total. The van der Waals surface area contributed by atoms with Crippen LogP contribution in [0.1, 0.15) is 46.5 Å². The van der Waals surface area contributed by atoms with Crippen LogP contribution in [0.25, 0.3) is 0 Å². The van der Waals surface area contributed by atoms with Gasteiger partial charge in [0, 0.05) is 12.6 Å². The highest BCUT2D eigenvalue weighted by atomic mass is 16.1. The number of carbonyl (C=O) groups excluding carboxylic acids is 1. The van der Waals surface area contributed by atoms with E-state index in [2.05, 4.69) is 31.4 Å². The fourth-order valence-electron chi connectivity index (χ4n) is 1.59. The molecule has 1 amide bonds. The quantitative estimate of drug-likeness (QED) is 0.664. The highest BCUT2D eigenvalue weighted by Crippen LogP contribution is 2.27. The standard InChI is InChI=1S/C13H26N2O/c1-10(2)4-5-11(3)14-9-13(16)15-8-12-6-7-12/h10-12,14H,4-9H2,1-3H3,(H,15,16). The van der Waals surface area contributed by atoms with Crippen LogP contribution in [0, 0.1) is 11.8 Å². The second kappa shape index (κ2) is 6.89. The van der Waals surface area contributed by atoms with Gasteiger partial charge in [0.05, 0.1) is 6.54 Å². The first-order valence-electron chi connectivity index (χ1n) is 6.58. The van der Waals surface area contributed by atoms with Gasteiger partial charge in [-0.2, -0.15) is 0 Å². The van der Waals surface area contributed by atoms with Crippen molar-refractivity contribution < 1.29 is 4.79 Å². The monoisotopic (exact) mass is 226 g/mol. The van der Waals surface area contributed by atoms with Crippen molar-refractivity contribution in [3.05, 3.63) is 0 Å². The van der Waals surface area contributed by atoms with Gasteiger partial charge in [-0.3, -0.25) is 4.79 Å². The average Bonchev–Trinajstić information content (AvgIpc) is 3.04. The minimum Gasteiger partial charge on any atom is -0.355 e. The highest BCUT2D eigenvalue weighted by molar-refractivity contribution is 5.78. The maximum absolute atomic E-state index is 11.4. The van der Waals surface area contributed by atoms with Crippen LogP contribution in [0.3, 0.4) is 0 Å². The van der Waals surface area contributed by atoms with Crippen LogP contribution in [0.5, 0.6) is 0 Å². The zero-order chi connectivity index (χ0) is 12.0. The Morgan fingerprint density at radius 2 is 1.94 bits per heavy atom. The zero-order valence-electron chi connectivity index (χ0n) is 10.9. The summed E-state index contributed by atoms with van der Waals surface area (Å²) in [6, 6.07) is 0.439. The number of rotatable bonds is 8. The maximum Gasteiger partial charge on any atom is 0.233 e. The predicted octanol–water partition coefficient (Wildman–Crippen LogP) is 1.93. The predicted molar refractivity (Wildman–Crippen MR) is 67.3 cm³/mol. The second-order valence-corrected chi connectivity index (χ2v) is 5.50. The van der Waals surface area contributed by atoms with Gasteiger partial charge in [0.1, 0.15) is 0 Å². The van der Waals surface area contributed by atoms with Crippen molar-refractivity contribution in [3.8, 4) is 0 Å². The van der Waals surface area contributed by atoms with Gasteiger partial charge in [0.15, 0.2) is 0 Å². The summed E-state index contributed by atoms with van der Waals surface area (Å²) in [6.07, 6.45) is 4.95. The van der Waals surface area contributed by atoms with Crippen LogP contribution in [0.2, 0.25) is 0 Å². The lowest BCUT2D eigenvalue weighted by Crippen LogP contribution is -2.38. The SMILES string of the molecule is CC(C)CCC(C)NCC(=O)NCC1CC1. The minimum absolute atomic E-state index is 0.142.